The van der Waals surface area contributed by atoms with Gasteiger partial charge in [-0.05, 0) is 19.1 Å². The molecule has 3 nitrogen and oxygen atoms in total. The minimum Gasteiger partial charge on any atom is -0.368 e. The van der Waals surface area contributed by atoms with Crippen LogP contribution in [-0.2, 0) is 4.79 Å². The van der Waals surface area contributed by atoms with Gasteiger partial charge in [0.25, 0.3) is 0 Å². The van der Waals surface area contributed by atoms with Crippen molar-refractivity contribution in [3.8, 4) is 0 Å². The fourth-order valence-corrected chi connectivity index (χ4v) is 2.01. The van der Waals surface area contributed by atoms with Gasteiger partial charge in [-0.2, -0.15) is 0 Å². The third-order valence-corrected chi connectivity index (χ3v) is 2.97. The van der Waals surface area contributed by atoms with Crippen LogP contribution in [-0.4, -0.2) is 37.0 Å². The largest absolute Gasteiger partial charge is 0.368 e. The van der Waals surface area contributed by atoms with E-state index < -0.39 is 0 Å². The number of benzene rings is 1. The second-order valence-corrected chi connectivity index (χ2v) is 3.95. The molecule has 0 unspecified atom stereocenters. The first-order valence-electron chi connectivity index (χ1n) is 5.68. The molecule has 1 heterocycles. The highest BCUT2D eigenvalue weighted by atomic mass is 16.2. The smallest absolute Gasteiger partial charge is 0.222 e. The van der Waals surface area contributed by atoms with Crippen molar-refractivity contribution >= 4 is 11.6 Å². The van der Waals surface area contributed by atoms with Crippen LogP contribution in [0, 0.1) is 6.92 Å². The van der Waals surface area contributed by atoms with Gasteiger partial charge in [-0.15, -0.1) is 0 Å². The summed E-state index contributed by atoms with van der Waals surface area (Å²) in [6, 6.07) is 10.3. The van der Waals surface area contributed by atoms with E-state index in [1.165, 1.54) is 5.69 Å². The van der Waals surface area contributed by atoms with Crippen LogP contribution in [0.25, 0.3) is 0 Å². The number of hydrogen-bond donors (Lipinski definition) is 0. The SMILES string of the molecule is [CH2]CC(=O)N1CCN(c2ccccc2)CC1. The molecule has 0 spiro atoms. The molecule has 1 aromatic carbocycles. The summed E-state index contributed by atoms with van der Waals surface area (Å²) in [6.45, 7) is 7.08. The number of carbonyl (C=O) groups is 1. The zero-order valence-electron chi connectivity index (χ0n) is 9.43. The first-order valence-corrected chi connectivity index (χ1v) is 5.68. The van der Waals surface area contributed by atoms with Crippen molar-refractivity contribution in [2.24, 2.45) is 0 Å². The molecular weight excluding hydrogens is 200 g/mol. The maximum absolute atomic E-state index is 11.5. The Kier molecular flexibility index (Phi) is 3.44. The first-order chi connectivity index (χ1) is 7.81. The summed E-state index contributed by atoms with van der Waals surface area (Å²) in [6.07, 6.45) is 0.366. The summed E-state index contributed by atoms with van der Waals surface area (Å²) >= 11 is 0. The van der Waals surface area contributed by atoms with E-state index in [1.54, 1.807) is 0 Å². The van der Waals surface area contributed by atoms with Gasteiger partial charge in [-0.1, -0.05) is 18.2 Å². The molecular formula is C13H17N2O. The third kappa shape index (κ3) is 2.35. The lowest BCUT2D eigenvalue weighted by molar-refractivity contribution is -0.130. The van der Waals surface area contributed by atoms with Crippen LogP contribution in [0.15, 0.2) is 30.3 Å². The van der Waals surface area contributed by atoms with Crippen LogP contribution in [0.2, 0.25) is 0 Å². The van der Waals surface area contributed by atoms with Crippen molar-refractivity contribution in [1.82, 2.24) is 4.90 Å². The molecule has 1 aliphatic rings. The second-order valence-electron chi connectivity index (χ2n) is 3.95. The fraction of sp³-hybridized carbons (Fsp3) is 0.385. The number of rotatable bonds is 2. The predicted molar refractivity (Wildman–Crippen MR) is 65.2 cm³/mol. The number of piperazine rings is 1. The van der Waals surface area contributed by atoms with E-state index in [0.29, 0.717) is 6.42 Å². The van der Waals surface area contributed by atoms with Crippen LogP contribution in [0.4, 0.5) is 5.69 Å². The lowest BCUT2D eigenvalue weighted by Crippen LogP contribution is -2.48. The van der Waals surface area contributed by atoms with E-state index in [2.05, 4.69) is 24.0 Å². The van der Waals surface area contributed by atoms with Crippen LogP contribution in [0.3, 0.4) is 0 Å². The van der Waals surface area contributed by atoms with Gasteiger partial charge in [0.15, 0.2) is 0 Å². The highest BCUT2D eigenvalue weighted by Crippen LogP contribution is 2.15. The molecule has 1 aliphatic heterocycles. The molecule has 1 saturated heterocycles. The predicted octanol–water partition coefficient (Wildman–Crippen LogP) is 1.56. The van der Waals surface area contributed by atoms with Gasteiger partial charge in [0.1, 0.15) is 0 Å². The average molecular weight is 217 g/mol. The van der Waals surface area contributed by atoms with E-state index in [1.807, 2.05) is 23.1 Å². The van der Waals surface area contributed by atoms with Crippen molar-refractivity contribution in [3.63, 3.8) is 0 Å². The number of amides is 1. The number of anilines is 1. The van der Waals surface area contributed by atoms with E-state index in [4.69, 9.17) is 0 Å². The number of hydrogen-bond acceptors (Lipinski definition) is 2. The van der Waals surface area contributed by atoms with Crippen molar-refractivity contribution in [2.75, 3.05) is 31.1 Å². The summed E-state index contributed by atoms with van der Waals surface area (Å²) in [5, 5.41) is 0. The molecule has 85 valence electrons. The minimum atomic E-state index is 0.160. The van der Waals surface area contributed by atoms with E-state index in [0.717, 1.165) is 26.2 Å². The van der Waals surface area contributed by atoms with Crippen LogP contribution in [0.1, 0.15) is 6.42 Å². The van der Waals surface area contributed by atoms with Gasteiger partial charge >= 0.3 is 0 Å². The second kappa shape index (κ2) is 5.01. The standard InChI is InChI=1S/C13H17N2O/c1-2-13(16)15-10-8-14(9-11-15)12-6-4-3-5-7-12/h3-7H,1-2,8-11H2. The van der Waals surface area contributed by atoms with Gasteiger partial charge in [-0.25, -0.2) is 0 Å². The monoisotopic (exact) mass is 217 g/mol. The Bertz CT molecular complexity index is 342. The fourth-order valence-electron chi connectivity index (χ4n) is 2.01. The summed E-state index contributed by atoms with van der Waals surface area (Å²) < 4.78 is 0. The molecule has 1 fully saturated rings. The Morgan fingerprint density at radius 1 is 1.12 bits per heavy atom. The molecule has 2 rings (SSSR count). The molecule has 0 N–H and O–H groups in total. The van der Waals surface area contributed by atoms with E-state index in [-0.39, 0.29) is 5.91 Å². The molecule has 1 radical (unpaired) electrons. The van der Waals surface area contributed by atoms with Gasteiger partial charge in [-0.3, -0.25) is 4.79 Å². The molecule has 0 aromatic heterocycles. The minimum absolute atomic E-state index is 0.160. The molecule has 0 aliphatic carbocycles. The first kappa shape index (κ1) is 11.0. The van der Waals surface area contributed by atoms with Crippen molar-refractivity contribution in [1.29, 1.82) is 0 Å². The van der Waals surface area contributed by atoms with Gasteiger partial charge in [0.05, 0.1) is 0 Å². The molecule has 16 heavy (non-hydrogen) atoms. The molecule has 0 atom stereocenters. The molecule has 1 aromatic rings. The van der Waals surface area contributed by atoms with Gasteiger partial charge in [0, 0.05) is 38.3 Å². The van der Waals surface area contributed by atoms with Crippen LogP contribution >= 0.6 is 0 Å². The summed E-state index contributed by atoms with van der Waals surface area (Å²) in [5.41, 5.74) is 1.24. The lowest BCUT2D eigenvalue weighted by atomic mass is 10.2. The lowest BCUT2D eigenvalue weighted by Gasteiger charge is -2.36. The van der Waals surface area contributed by atoms with Crippen molar-refractivity contribution < 1.29 is 4.79 Å². The molecule has 0 bridgehead atoms. The molecule has 1 amide bonds. The third-order valence-electron chi connectivity index (χ3n) is 2.97. The Balaban J connectivity index is 1.93. The highest BCUT2D eigenvalue weighted by molar-refractivity contribution is 5.77. The van der Waals surface area contributed by atoms with Crippen LogP contribution < -0.4 is 4.90 Å². The summed E-state index contributed by atoms with van der Waals surface area (Å²) in [4.78, 5) is 15.7. The number of carbonyl (C=O) groups excluding carboxylic acids is 1. The van der Waals surface area contributed by atoms with Gasteiger partial charge in [0.2, 0.25) is 5.91 Å². The number of nitrogens with zero attached hydrogens (tertiary/aromatic N) is 2. The highest BCUT2D eigenvalue weighted by Gasteiger charge is 2.19. The molecule has 0 saturated carbocycles. The number of para-hydroxylation sites is 1. The van der Waals surface area contributed by atoms with Crippen molar-refractivity contribution in [3.05, 3.63) is 37.3 Å². The maximum Gasteiger partial charge on any atom is 0.222 e. The van der Waals surface area contributed by atoms with Crippen LogP contribution in [0.5, 0.6) is 0 Å². The van der Waals surface area contributed by atoms with Crippen molar-refractivity contribution in [2.45, 2.75) is 6.42 Å². The molecule has 3 heteroatoms. The van der Waals surface area contributed by atoms with E-state index >= 15 is 0 Å². The Morgan fingerprint density at radius 2 is 1.75 bits per heavy atom. The zero-order chi connectivity index (χ0) is 11.4. The maximum atomic E-state index is 11.5. The summed E-state index contributed by atoms with van der Waals surface area (Å²) in [7, 11) is 0. The Hall–Kier alpha value is -1.51. The zero-order valence-corrected chi connectivity index (χ0v) is 9.43. The quantitative estimate of drug-likeness (QED) is 0.750. The van der Waals surface area contributed by atoms with E-state index in [9.17, 15) is 4.79 Å². The summed E-state index contributed by atoms with van der Waals surface area (Å²) in [5.74, 6) is 0.160. The Labute approximate surface area is 96.7 Å². The average Bonchev–Trinajstić information content (AvgIpc) is 2.39. The van der Waals surface area contributed by atoms with Gasteiger partial charge < -0.3 is 9.80 Å². The topological polar surface area (TPSA) is 23.6 Å². The normalized spacial score (nSPS) is 16.3. The Morgan fingerprint density at radius 3 is 2.31 bits per heavy atom.